The van der Waals surface area contributed by atoms with Gasteiger partial charge in [0.15, 0.2) is 5.69 Å². The third kappa shape index (κ3) is 5.16. The third-order valence-corrected chi connectivity index (χ3v) is 4.01. The molecule has 25 heavy (non-hydrogen) atoms. The van der Waals surface area contributed by atoms with E-state index in [1.165, 1.54) is 6.26 Å². The maximum Gasteiger partial charge on any atom is 0.273 e. The van der Waals surface area contributed by atoms with Crippen molar-refractivity contribution in [2.75, 3.05) is 0 Å². The van der Waals surface area contributed by atoms with Gasteiger partial charge >= 0.3 is 0 Å². The van der Waals surface area contributed by atoms with Gasteiger partial charge in [-0.15, -0.1) is 0 Å². The van der Waals surface area contributed by atoms with Gasteiger partial charge in [-0.25, -0.2) is 4.98 Å². The number of amides is 2. The van der Waals surface area contributed by atoms with Crippen LogP contribution in [0.3, 0.4) is 0 Å². The van der Waals surface area contributed by atoms with Crippen LogP contribution in [0.25, 0.3) is 0 Å². The molecule has 2 rings (SSSR count). The maximum absolute atomic E-state index is 12.8. The van der Waals surface area contributed by atoms with Crippen molar-refractivity contribution in [2.45, 2.75) is 46.3 Å². The Morgan fingerprint density at radius 2 is 1.84 bits per heavy atom. The minimum absolute atomic E-state index is 0.0128. The first-order valence-corrected chi connectivity index (χ1v) is 8.89. The van der Waals surface area contributed by atoms with E-state index in [9.17, 15) is 9.59 Å². The number of carbonyl (C=O) groups excluding carboxylic acids is 2. The van der Waals surface area contributed by atoms with E-state index in [4.69, 9.17) is 4.42 Å². The molecule has 0 fully saturated rings. The van der Waals surface area contributed by atoms with Crippen LogP contribution in [0.4, 0.5) is 0 Å². The van der Waals surface area contributed by atoms with Gasteiger partial charge in [-0.1, -0.05) is 15.9 Å². The average Bonchev–Trinajstić information content (AvgIpc) is 3.00. The van der Waals surface area contributed by atoms with E-state index < -0.39 is 0 Å². The van der Waals surface area contributed by atoms with Crippen molar-refractivity contribution < 1.29 is 14.0 Å². The van der Waals surface area contributed by atoms with E-state index in [1.807, 2.05) is 39.8 Å². The van der Waals surface area contributed by atoms with E-state index in [1.54, 1.807) is 17.0 Å². The van der Waals surface area contributed by atoms with Crippen LogP contribution in [0.2, 0.25) is 0 Å². The normalized spacial score (nSPS) is 11.0. The Bertz CT molecular complexity index is 738. The zero-order chi connectivity index (χ0) is 18.6. The molecule has 0 aliphatic rings. The van der Waals surface area contributed by atoms with E-state index in [0.29, 0.717) is 11.5 Å². The van der Waals surface area contributed by atoms with Crippen LogP contribution >= 0.6 is 15.9 Å². The van der Waals surface area contributed by atoms with E-state index in [2.05, 4.69) is 26.2 Å². The number of carbonyl (C=O) groups is 2. The van der Waals surface area contributed by atoms with Gasteiger partial charge in [0.1, 0.15) is 6.26 Å². The summed E-state index contributed by atoms with van der Waals surface area (Å²) in [6, 6.07) is 7.14. The van der Waals surface area contributed by atoms with Crippen molar-refractivity contribution >= 4 is 27.7 Å². The Morgan fingerprint density at radius 1 is 1.20 bits per heavy atom. The van der Waals surface area contributed by atoms with Crippen molar-refractivity contribution in [3.63, 3.8) is 0 Å². The molecule has 0 saturated carbocycles. The highest BCUT2D eigenvalue weighted by molar-refractivity contribution is 9.10. The SMILES string of the molecule is CC(C)NC(=O)c1coc(CN(C(=O)c2ccc(Br)cc2)C(C)C)n1. The number of benzene rings is 1. The number of halogens is 1. The van der Waals surface area contributed by atoms with Gasteiger partial charge < -0.3 is 14.6 Å². The molecule has 0 spiro atoms. The summed E-state index contributed by atoms with van der Waals surface area (Å²) in [6.45, 7) is 7.78. The summed E-state index contributed by atoms with van der Waals surface area (Å²) >= 11 is 3.36. The summed E-state index contributed by atoms with van der Waals surface area (Å²) in [5.41, 5.74) is 0.796. The summed E-state index contributed by atoms with van der Waals surface area (Å²) < 4.78 is 6.29. The Kier molecular flexibility index (Phi) is 6.36. The molecule has 0 bridgehead atoms. The van der Waals surface area contributed by atoms with Crippen LogP contribution in [0.1, 0.15) is 54.4 Å². The lowest BCUT2D eigenvalue weighted by molar-refractivity contribution is 0.0672. The molecule has 2 aromatic rings. The summed E-state index contributed by atoms with van der Waals surface area (Å²) in [6.07, 6.45) is 1.32. The molecule has 0 saturated heterocycles. The van der Waals surface area contributed by atoms with Gasteiger partial charge in [0.25, 0.3) is 11.8 Å². The highest BCUT2D eigenvalue weighted by atomic mass is 79.9. The highest BCUT2D eigenvalue weighted by Crippen LogP contribution is 2.16. The number of hydrogen-bond donors (Lipinski definition) is 1. The first-order valence-electron chi connectivity index (χ1n) is 8.09. The quantitative estimate of drug-likeness (QED) is 0.792. The molecule has 0 aliphatic carbocycles. The van der Waals surface area contributed by atoms with E-state index >= 15 is 0 Å². The average molecular weight is 408 g/mol. The minimum atomic E-state index is -0.291. The number of nitrogens with zero attached hydrogens (tertiary/aromatic N) is 2. The van der Waals surface area contributed by atoms with Crippen molar-refractivity contribution in [1.29, 1.82) is 0 Å². The smallest absolute Gasteiger partial charge is 0.273 e. The molecular formula is C18H22BrN3O3. The number of rotatable bonds is 6. The summed E-state index contributed by atoms with van der Waals surface area (Å²) in [5.74, 6) is -0.0812. The predicted molar refractivity (Wildman–Crippen MR) is 98.3 cm³/mol. The number of oxazole rings is 1. The second-order valence-electron chi connectivity index (χ2n) is 6.29. The molecule has 0 unspecified atom stereocenters. The fourth-order valence-corrected chi connectivity index (χ4v) is 2.48. The fraction of sp³-hybridized carbons (Fsp3) is 0.389. The molecule has 1 heterocycles. The van der Waals surface area contributed by atoms with Gasteiger partial charge in [-0.3, -0.25) is 9.59 Å². The van der Waals surface area contributed by atoms with E-state index in [0.717, 1.165) is 4.47 Å². The van der Waals surface area contributed by atoms with Crippen molar-refractivity contribution in [3.05, 3.63) is 52.1 Å². The van der Waals surface area contributed by atoms with Crippen LogP contribution < -0.4 is 5.32 Å². The molecule has 0 aliphatic heterocycles. The van der Waals surface area contributed by atoms with E-state index in [-0.39, 0.29) is 36.1 Å². The Morgan fingerprint density at radius 3 is 2.40 bits per heavy atom. The van der Waals surface area contributed by atoms with Gasteiger partial charge in [0.2, 0.25) is 5.89 Å². The molecular weight excluding hydrogens is 386 g/mol. The third-order valence-electron chi connectivity index (χ3n) is 3.49. The lowest BCUT2D eigenvalue weighted by Gasteiger charge is -2.25. The monoisotopic (exact) mass is 407 g/mol. The van der Waals surface area contributed by atoms with Crippen molar-refractivity contribution in [3.8, 4) is 0 Å². The summed E-state index contributed by atoms with van der Waals surface area (Å²) in [4.78, 5) is 30.6. The van der Waals surface area contributed by atoms with Crippen molar-refractivity contribution in [1.82, 2.24) is 15.2 Å². The predicted octanol–water partition coefficient (Wildman–Crippen LogP) is 3.63. The first-order chi connectivity index (χ1) is 11.8. The van der Waals surface area contributed by atoms with Crippen LogP contribution in [0.5, 0.6) is 0 Å². The van der Waals surface area contributed by atoms with Crippen LogP contribution in [-0.4, -0.2) is 33.8 Å². The number of nitrogens with one attached hydrogen (secondary N) is 1. The standard InChI is InChI=1S/C18H22BrN3O3/c1-11(2)20-17(23)15-10-25-16(21-15)9-22(12(3)4)18(24)13-5-7-14(19)8-6-13/h5-8,10-12H,9H2,1-4H3,(H,20,23). The topological polar surface area (TPSA) is 75.4 Å². The lowest BCUT2D eigenvalue weighted by atomic mass is 10.1. The molecule has 0 atom stereocenters. The zero-order valence-corrected chi connectivity index (χ0v) is 16.3. The summed E-state index contributed by atoms with van der Waals surface area (Å²) in [7, 11) is 0. The minimum Gasteiger partial charge on any atom is -0.446 e. The molecule has 0 radical (unpaired) electrons. The molecule has 7 heteroatoms. The molecule has 2 amide bonds. The number of hydrogen-bond acceptors (Lipinski definition) is 4. The maximum atomic E-state index is 12.8. The largest absolute Gasteiger partial charge is 0.446 e. The van der Waals surface area contributed by atoms with Crippen LogP contribution in [-0.2, 0) is 6.54 Å². The molecule has 6 nitrogen and oxygen atoms in total. The molecule has 134 valence electrons. The Balaban J connectivity index is 2.14. The fourth-order valence-electron chi connectivity index (χ4n) is 2.22. The first kappa shape index (κ1) is 19.2. The number of aromatic nitrogens is 1. The highest BCUT2D eigenvalue weighted by Gasteiger charge is 2.22. The van der Waals surface area contributed by atoms with Crippen molar-refractivity contribution in [2.24, 2.45) is 0 Å². The Labute approximate surface area is 155 Å². The van der Waals surface area contributed by atoms with Gasteiger partial charge in [0, 0.05) is 22.1 Å². The Hall–Kier alpha value is -2.15. The van der Waals surface area contributed by atoms with Crippen LogP contribution in [0, 0.1) is 0 Å². The van der Waals surface area contributed by atoms with Gasteiger partial charge in [-0.2, -0.15) is 0 Å². The second-order valence-corrected chi connectivity index (χ2v) is 7.20. The molecule has 1 aromatic heterocycles. The summed E-state index contributed by atoms with van der Waals surface area (Å²) in [5, 5.41) is 2.76. The van der Waals surface area contributed by atoms with Crippen LogP contribution in [0.15, 0.2) is 39.4 Å². The lowest BCUT2D eigenvalue weighted by Crippen LogP contribution is -2.36. The van der Waals surface area contributed by atoms with Gasteiger partial charge in [0.05, 0.1) is 6.54 Å². The molecule has 1 N–H and O–H groups in total. The zero-order valence-electron chi connectivity index (χ0n) is 14.7. The van der Waals surface area contributed by atoms with Gasteiger partial charge in [-0.05, 0) is 52.0 Å². The second kappa shape index (κ2) is 8.29. The molecule has 1 aromatic carbocycles.